The molecule has 0 saturated carbocycles. The van der Waals surface area contributed by atoms with Crippen molar-refractivity contribution in [2.75, 3.05) is 6.54 Å². The van der Waals surface area contributed by atoms with Crippen LogP contribution in [0.3, 0.4) is 0 Å². The third-order valence-electron chi connectivity index (χ3n) is 6.10. The molecule has 36 heavy (non-hydrogen) atoms. The molecule has 0 N–H and O–H groups in total. The number of thiazole rings is 1. The zero-order valence-corrected chi connectivity index (χ0v) is 20.8. The smallest absolute Gasteiger partial charge is 0.245 e. The van der Waals surface area contributed by atoms with Gasteiger partial charge >= 0.3 is 0 Å². The fourth-order valence-corrected chi connectivity index (χ4v) is 6.76. The molecule has 0 unspecified atom stereocenters. The summed E-state index contributed by atoms with van der Waals surface area (Å²) in [5.41, 5.74) is 3.40. The Morgan fingerprint density at radius 1 is 0.972 bits per heavy atom. The van der Waals surface area contributed by atoms with Crippen molar-refractivity contribution in [3.05, 3.63) is 108 Å². The number of furan rings is 1. The van der Waals surface area contributed by atoms with Gasteiger partial charge < -0.3 is 4.42 Å². The van der Waals surface area contributed by atoms with Gasteiger partial charge in [-0.25, -0.2) is 13.4 Å². The van der Waals surface area contributed by atoms with Crippen LogP contribution in [0.5, 0.6) is 0 Å². The number of para-hydroxylation sites is 1. The summed E-state index contributed by atoms with van der Waals surface area (Å²) in [6.45, 7) is 0.405. The van der Waals surface area contributed by atoms with E-state index in [0.717, 1.165) is 27.3 Å². The second-order valence-corrected chi connectivity index (χ2v) is 11.1. The number of aromatic nitrogens is 3. The second kappa shape index (κ2) is 9.34. The maximum atomic E-state index is 13.9. The molecule has 0 amide bonds. The first-order valence-electron chi connectivity index (χ1n) is 11.5. The van der Waals surface area contributed by atoms with Crippen molar-refractivity contribution in [3.63, 3.8) is 0 Å². The van der Waals surface area contributed by atoms with E-state index in [2.05, 4.69) is 4.98 Å². The average Bonchev–Trinajstić information content (AvgIpc) is 3.65. The second-order valence-electron chi connectivity index (χ2n) is 8.37. The number of benzene rings is 2. The molecule has 6 rings (SSSR count). The van der Waals surface area contributed by atoms with E-state index in [9.17, 15) is 8.42 Å². The average molecular weight is 515 g/mol. The van der Waals surface area contributed by atoms with Crippen LogP contribution in [0, 0.1) is 0 Å². The largest absolute Gasteiger partial charge is 0.468 e. The van der Waals surface area contributed by atoms with E-state index < -0.39 is 10.0 Å². The van der Waals surface area contributed by atoms with Crippen molar-refractivity contribution < 1.29 is 12.8 Å². The molecule has 0 bridgehead atoms. The van der Waals surface area contributed by atoms with Crippen LogP contribution < -0.4 is 0 Å². The summed E-state index contributed by atoms with van der Waals surface area (Å²) in [6.07, 6.45) is 5.70. The number of hydrogen-bond donors (Lipinski definition) is 0. The minimum Gasteiger partial charge on any atom is -0.468 e. The Bertz CT molecular complexity index is 1730. The minimum atomic E-state index is -3.86. The number of fused-ring (bicyclic) bond motifs is 2. The normalized spacial score (nSPS) is 12.1. The van der Waals surface area contributed by atoms with Gasteiger partial charge in [-0.05, 0) is 24.3 Å². The molecule has 0 atom stereocenters. The minimum absolute atomic E-state index is 0.130. The van der Waals surface area contributed by atoms with Gasteiger partial charge in [0.25, 0.3) is 0 Å². The van der Waals surface area contributed by atoms with Gasteiger partial charge in [0.1, 0.15) is 10.7 Å². The Kier molecular flexibility index (Phi) is 5.88. The molecular weight excluding hydrogens is 492 g/mol. The van der Waals surface area contributed by atoms with Crippen LogP contribution in [0.4, 0.5) is 0 Å². The first kappa shape index (κ1) is 22.7. The van der Waals surface area contributed by atoms with E-state index in [4.69, 9.17) is 9.40 Å². The quantitative estimate of drug-likeness (QED) is 0.263. The van der Waals surface area contributed by atoms with Gasteiger partial charge in [0.05, 0.1) is 24.0 Å². The van der Waals surface area contributed by atoms with Gasteiger partial charge in [0, 0.05) is 47.4 Å². The molecule has 6 aromatic rings. The van der Waals surface area contributed by atoms with Gasteiger partial charge in [-0.3, -0.25) is 9.38 Å². The number of rotatable bonds is 8. The summed E-state index contributed by atoms with van der Waals surface area (Å²) < 4.78 is 36.8. The van der Waals surface area contributed by atoms with Gasteiger partial charge in [0.2, 0.25) is 10.0 Å². The molecule has 0 aliphatic heterocycles. The first-order chi connectivity index (χ1) is 17.6. The van der Waals surface area contributed by atoms with E-state index >= 15 is 0 Å². The molecule has 2 aromatic carbocycles. The summed E-state index contributed by atoms with van der Waals surface area (Å²) in [7, 11) is -3.86. The van der Waals surface area contributed by atoms with Crippen LogP contribution >= 0.6 is 11.3 Å². The van der Waals surface area contributed by atoms with Crippen LogP contribution in [0.15, 0.2) is 106 Å². The molecule has 0 saturated heterocycles. The maximum absolute atomic E-state index is 13.9. The molecule has 0 radical (unpaired) electrons. The number of imidazole rings is 1. The monoisotopic (exact) mass is 514 g/mol. The Balaban J connectivity index is 1.33. The Morgan fingerprint density at radius 2 is 1.83 bits per heavy atom. The molecule has 4 heterocycles. The third-order valence-corrected chi connectivity index (χ3v) is 8.86. The summed E-state index contributed by atoms with van der Waals surface area (Å²) in [5, 5.41) is 2.82. The zero-order valence-electron chi connectivity index (χ0n) is 19.2. The highest BCUT2D eigenvalue weighted by Gasteiger charge is 2.28. The highest BCUT2D eigenvalue weighted by molar-refractivity contribution is 7.89. The lowest BCUT2D eigenvalue weighted by Crippen LogP contribution is -2.33. The van der Waals surface area contributed by atoms with Crippen LogP contribution in [0.25, 0.3) is 27.1 Å². The summed E-state index contributed by atoms with van der Waals surface area (Å²) in [5.74, 6) is 0.580. The fraction of sp³-hybridized carbons (Fsp3) is 0.111. The third kappa shape index (κ3) is 4.21. The van der Waals surface area contributed by atoms with Crippen LogP contribution in [-0.2, 0) is 23.0 Å². The summed E-state index contributed by atoms with van der Waals surface area (Å²) in [6, 6.07) is 22.5. The van der Waals surface area contributed by atoms with Gasteiger partial charge in [0.15, 0.2) is 4.96 Å². The highest BCUT2D eigenvalue weighted by atomic mass is 32.2. The molecule has 7 nitrogen and oxygen atoms in total. The van der Waals surface area contributed by atoms with E-state index in [1.165, 1.54) is 4.31 Å². The van der Waals surface area contributed by atoms with Gasteiger partial charge in [-0.15, -0.1) is 11.3 Å². The molecular formula is C27H22N4O3S2. The van der Waals surface area contributed by atoms with E-state index in [1.54, 1.807) is 54.1 Å². The number of hydrogen-bond acceptors (Lipinski definition) is 6. The van der Waals surface area contributed by atoms with Crippen molar-refractivity contribution >= 4 is 37.2 Å². The summed E-state index contributed by atoms with van der Waals surface area (Å²) in [4.78, 5) is 10.2. The van der Waals surface area contributed by atoms with Crippen LogP contribution in [0.1, 0.15) is 11.5 Å². The number of sulfonamides is 1. The molecule has 180 valence electrons. The SMILES string of the molecule is O=S(=O)(c1cccc2cccnc12)N(CCc1csc2nc(-c3ccccc3)cn12)Cc1ccco1. The lowest BCUT2D eigenvalue weighted by atomic mass is 10.2. The predicted octanol–water partition coefficient (Wildman–Crippen LogP) is 5.64. The van der Waals surface area contributed by atoms with Crippen molar-refractivity contribution in [1.82, 2.24) is 18.7 Å². The zero-order chi connectivity index (χ0) is 24.5. The molecule has 0 fully saturated rings. The molecule has 0 aliphatic rings. The van der Waals surface area contributed by atoms with Crippen molar-refractivity contribution in [3.8, 4) is 11.3 Å². The number of nitrogens with zero attached hydrogens (tertiary/aromatic N) is 4. The Labute approximate surface area is 212 Å². The molecule has 4 aromatic heterocycles. The standard InChI is InChI=1S/C27H22N4O3S2/c32-36(33,25-12-4-9-21-10-5-14-28-26(21)25)30(17-23-11-6-16-34-23)15-13-22-19-35-27-29-24(18-31(22)27)20-7-2-1-3-8-20/h1-12,14,16,18-19H,13,15,17H2. The lowest BCUT2D eigenvalue weighted by molar-refractivity contribution is 0.365. The van der Waals surface area contributed by atoms with E-state index in [-0.39, 0.29) is 18.0 Å². The highest BCUT2D eigenvalue weighted by Crippen LogP contribution is 2.27. The Hall–Kier alpha value is -3.79. The van der Waals surface area contributed by atoms with E-state index in [0.29, 0.717) is 17.7 Å². The van der Waals surface area contributed by atoms with Gasteiger partial charge in [-0.1, -0.05) is 48.5 Å². The summed E-state index contributed by atoms with van der Waals surface area (Å²) >= 11 is 1.55. The Morgan fingerprint density at radius 3 is 2.67 bits per heavy atom. The van der Waals surface area contributed by atoms with Crippen molar-refractivity contribution in [2.45, 2.75) is 17.9 Å². The van der Waals surface area contributed by atoms with Gasteiger partial charge in [-0.2, -0.15) is 4.31 Å². The van der Waals surface area contributed by atoms with Crippen molar-refractivity contribution in [1.29, 1.82) is 0 Å². The number of pyridine rings is 1. The first-order valence-corrected chi connectivity index (χ1v) is 13.8. The topological polar surface area (TPSA) is 80.7 Å². The van der Waals surface area contributed by atoms with Crippen LogP contribution in [0.2, 0.25) is 0 Å². The van der Waals surface area contributed by atoms with Crippen molar-refractivity contribution in [2.24, 2.45) is 0 Å². The molecule has 0 aliphatic carbocycles. The molecule has 9 heteroatoms. The maximum Gasteiger partial charge on any atom is 0.245 e. The van der Waals surface area contributed by atoms with Crippen LogP contribution in [-0.4, -0.2) is 33.6 Å². The predicted molar refractivity (Wildman–Crippen MR) is 140 cm³/mol. The lowest BCUT2D eigenvalue weighted by Gasteiger charge is -2.22. The van der Waals surface area contributed by atoms with E-state index in [1.807, 2.05) is 58.4 Å². The molecule has 0 spiro atoms. The fourth-order valence-electron chi connectivity index (χ4n) is 4.28.